The van der Waals surface area contributed by atoms with E-state index >= 15 is 0 Å². The molecular formula is C15H15BrN2O. The first kappa shape index (κ1) is 13.6. The summed E-state index contributed by atoms with van der Waals surface area (Å²) in [5, 5.41) is 2.88. The molecule has 0 unspecified atom stereocenters. The van der Waals surface area contributed by atoms with Crippen LogP contribution in [0.1, 0.15) is 21.5 Å². The van der Waals surface area contributed by atoms with Gasteiger partial charge in [-0.05, 0) is 65.2 Å². The minimum Gasteiger partial charge on any atom is -0.399 e. The number of benzene rings is 2. The van der Waals surface area contributed by atoms with E-state index in [4.69, 9.17) is 5.73 Å². The highest BCUT2D eigenvalue weighted by Gasteiger charge is 2.11. The third kappa shape index (κ3) is 3.15. The Kier molecular flexibility index (Phi) is 3.90. The summed E-state index contributed by atoms with van der Waals surface area (Å²) in [5.74, 6) is -0.158. The number of nitrogens with two attached hydrogens (primary N) is 1. The molecule has 0 saturated heterocycles. The fraction of sp³-hybridized carbons (Fsp3) is 0.133. The highest BCUT2D eigenvalue weighted by atomic mass is 79.9. The van der Waals surface area contributed by atoms with Gasteiger partial charge in [-0.1, -0.05) is 12.1 Å². The first-order chi connectivity index (χ1) is 8.97. The van der Waals surface area contributed by atoms with E-state index in [1.165, 1.54) is 0 Å². The maximum atomic E-state index is 12.2. The predicted octanol–water partition coefficient (Wildman–Crippen LogP) is 3.90. The molecule has 2 rings (SSSR count). The smallest absolute Gasteiger partial charge is 0.256 e. The van der Waals surface area contributed by atoms with Crippen molar-refractivity contribution in [1.82, 2.24) is 0 Å². The third-order valence-corrected chi connectivity index (χ3v) is 3.54. The second-order valence-electron chi connectivity index (χ2n) is 4.51. The van der Waals surface area contributed by atoms with Crippen LogP contribution in [-0.4, -0.2) is 5.91 Å². The number of aryl methyl sites for hydroxylation is 2. The lowest BCUT2D eigenvalue weighted by molar-refractivity contribution is 0.102. The van der Waals surface area contributed by atoms with Gasteiger partial charge in [-0.2, -0.15) is 0 Å². The molecule has 0 aliphatic carbocycles. The second kappa shape index (κ2) is 5.45. The van der Waals surface area contributed by atoms with Gasteiger partial charge in [-0.15, -0.1) is 0 Å². The number of halogens is 1. The quantitative estimate of drug-likeness (QED) is 0.825. The van der Waals surface area contributed by atoms with E-state index in [0.717, 1.165) is 21.3 Å². The van der Waals surface area contributed by atoms with Crippen LogP contribution in [0, 0.1) is 13.8 Å². The highest BCUT2D eigenvalue weighted by molar-refractivity contribution is 9.10. The molecule has 0 saturated carbocycles. The van der Waals surface area contributed by atoms with Gasteiger partial charge in [0.1, 0.15) is 0 Å². The van der Waals surface area contributed by atoms with Crippen molar-refractivity contribution in [2.45, 2.75) is 13.8 Å². The number of hydrogen-bond acceptors (Lipinski definition) is 2. The van der Waals surface area contributed by atoms with Crippen molar-refractivity contribution in [2.24, 2.45) is 0 Å². The van der Waals surface area contributed by atoms with Gasteiger partial charge in [0.15, 0.2) is 0 Å². The Morgan fingerprint density at radius 2 is 1.89 bits per heavy atom. The Morgan fingerprint density at radius 1 is 1.16 bits per heavy atom. The molecule has 98 valence electrons. The van der Waals surface area contributed by atoms with Gasteiger partial charge in [0.2, 0.25) is 0 Å². The Labute approximate surface area is 121 Å². The van der Waals surface area contributed by atoms with Crippen LogP contribution >= 0.6 is 15.9 Å². The van der Waals surface area contributed by atoms with E-state index < -0.39 is 0 Å². The van der Waals surface area contributed by atoms with Crippen LogP contribution in [0.25, 0.3) is 0 Å². The van der Waals surface area contributed by atoms with E-state index in [9.17, 15) is 4.79 Å². The van der Waals surface area contributed by atoms with E-state index in [-0.39, 0.29) is 5.91 Å². The molecule has 1 amide bonds. The summed E-state index contributed by atoms with van der Waals surface area (Å²) in [4.78, 5) is 12.2. The largest absolute Gasteiger partial charge is 0.399 e. The molecular weight excluding hydrogens is 304 g/mol. The highest BCUT2D eigenvalue weighted by Crippen LogP contribution is 2.24. The summed E-state index contributed by atoms with van der Waals surface area (Å²) in [6.07, 6.45) is 0. The van der Waals surface area contributed by atoms with Crippen molar-refractivity contribution >= 4 is 33.2 Å². The lowest BCUT2D eigenvalue weighted by Gasteiger charge is -2.10. The Bertz CT molecular complexity index is 638. The molecule has 3 N–H and O–H groups in total. The number of nitrogens with one attached hydrogen (secondary N) is 1. The number of amides is 1. The molecule has 3 nitrogen and oxygen atoms in total. The molecule has 0 aliphatic heterocycles. The lowest BCUT2D eigenvalue weighted by Crippen LogP contribution is -2.14. The van der Waals surface area contributed by atoms with E-state index in [1.54, 1.807) is 12.1 Å². The molecule has 0 aromatic heterocycles. The Hall–Kier alpha value is -1.81. The molecule has 2 aromatic rings. The van der Waals surface area contributed by atoms with Crippen LogP contribution in [0.4, 0.5) is 11.4 Å². The number of carbonyl (C=O) groups is 1. The average Bonchev–Trinajstić information content (AvgIpc) is 2.35. The molecule has 2 aromatic carbocycles. The third-order valence-electron chi connectivity index (χ3n) is 2.88. The lowest BCUT2D eigenvalue weighted by atomic mass is 10.1. The molecule has 0 bridgehead atoms. The monoisotopic (exact) mass is 318 g/mol. The maximum Gasteiger partial charge on any atom is 0.256 e. The van der Waals surface area contributed by atoms with E-state index in [2.05, 4.69) is 21.2 Å². The van der Waals surface area contributed by atoms with Crippen molar-refractivity contribution in [1.29, 1.82) is 0 Å². The van der Waals surface area contributed by atoms with Crippen LogP contribution in [-0.2, 0) is 0 Å². The SMILES string of the molecule is Cc1ccc(NC(=O)c2cc(N)ccc2C)c(Br)c1. The maximum absolute atomic E-state index is 12.2. The van der Waals surface area contributed by atoms with Gasteiger partial charge in [-0.25, -0.2) is 0 Å². The average molecular weight is 319 g/mol. The predicted molar refractivity (Wildman–Crippen MR) is 82.4 cm³/mol. The van der Waals surface area contributed by atoms with Gasteiger partial charge in [0.25, 0.3) is 5.91 Å². The minimum atomic E-state index is -0.158. The number of carbonyl (C=O) groups excluding carboxylic acids is 1. The fourth-order valence-electron chi connectivity index (χ4n) is 1.80. The second-order valence-corrected chi connectivity index (χ2v) is 5.37. The number of nitrogen functional groups attached to an aromatic ring is 1. The zero-order valence-corrected chi connectivity index (χ0v) is 12.4. The summed E-state index contributed by atoms with van der Waals surface area (Å²) in [5.41, 5.74) is 9.67. The van der Waals surface area contributed by atoms with Gasteiger partial charge in [-0.3, -0.25) is 4.79 Å². The molecule has 4 heteroatoms. The van der Waals surface area contributed by atoms with Crippen molar-refractivity contribution in [2.75, 3.05) is 11.1 Å². The Morgan fingerprint density at radius 3 is 2.58 bits per heavy atom. The molecule has 19 heavy (non-hydrogen) atoms. The normalized spacial score (nSPS) is 10.3. The Balaban J connectivity index is 2.28. The van der Waals surface area contributed by atoms with Crippen molar-refractivity contribution in [3.8, 4) is 0 Å². The molecule has 0 atom stereocenters. The standard InChI is InChI=1S/C15H15BrN2O/c1-9-3-6-14(13(16)7-9)18-15(19)12-8-11(17)5-4-10(12)2/h3-8H,17H2,1-2H3,(H,18,19). The van der Waals surface area contributed by atoms with Crippen LogP contribution in [0.15, 0.2) is 40.9 Å². The number of hydrogen-bond donors (Lipinski definition) is 2. The van der Waals surface area contributed by atoms with Crippen LogP contribution in [0.2, 0.25) is 0 Å². The molecule has 0 fully saturated rings. The van der Waals surface area contributed by atoms with Crippen LogP contribution < -0.4 is 11.1 Å². The fourth-order valence-corrected chi connectivity index (χ4v) is 2.39. The summed E-state index contributed by atoms with van der Waals surface area (Å²) >= 11 is 3.44. The number of rotatable bonds is 2. The summed E-state index contributed by atoms with van der Waals surface area (Å²) in [6, 6.07) is 11.1. The van der Waals surface area contributed by atoms with Gasteiger partial charge in [0.05, 0.1) is 5.69 Å². The summed E-state index contributed by atoms with van der Waals surface area (Å²) in [7, 11) is 0. The van der Waals surface area contributed by atoms with E-state index in [0.29, 0.717) is 11.3 Å². The first-order valence-corrected chi connectivity index (χ1v) is 6.70. The number of anilines is 2. The molecule has 0 heterocycles. The first-order valence-electron chi connectivity index (χ1n) is 5.91. The van der Waals surface area contributed by atoms with Crippen LogP contribution in [0.5, 0.6) is 0 Å². The molecule has 0 spiro atoms. The molecule has 0 radical (unpaired) electrons. The van der Waals surface area contributed by atoms with E-state index in [1.807, 2.05) is 38.1 Å². The zero-order chi connectivity index (χ0) is 14.0. The topological polar surface area (TPSA) is 55.1 Å². The van der Waals surface area contributed by atoms with Gasteiger partial charge in [0, 0.05) is 15.7 Å². The van der Waals surface area contributed by atoms with Gasteiger partial charge < -0.3 is 11.1 Å². The summed E-state index contributed by atoms with van der Waals surface area (Å²) in [6.45, 7) is 3.89. The minimum absolute atomic E-state index is 0.158. The van der Waals surface area contributed by atoms with Gasteiger partial charge >= 0.3 is 0 Å². The van der Waals surface area contributed by atoms with Crippen molar-refractivity contribution in [3.63, 3.8) is 0 Å². The zero-order valence-electron chi connectivity index (χ0n) is 10.8. The summed E-state index contributed by atoms with van der Waals surface area (Å²) < 4.78 is 0.863. The van der Waals surface area contributed by atoms with Crippen molar-refractivity contribution < 1.29 is 4.79 Å². The van der Waals surface area contributed by atoms with Crippen molar-refractivity contribution in [3.05, 3.63) is 57.6 Å². The van der Waals surface area contributed by atoms with Crippen LogP contribution in [0.3, 0.4) is 0 Å². The molecule has 0 aliphatic rings.